The molecule has 4 heteroatoms. The third-order valence-corrected chi connectivity index (χ3v) is 3.11. The molecule has 0 spiro atoms. The molecule has 0 aliphatic heterocycles. The van der Waals surface area contributed by atoms with Gasteiger partial charge < -0.3 is 10.3 Å². The van der Waals surface area contributed by atoms with Gasteiger partial charge in [0, 0.05) is 28.2 Å². The van der Waals surface area contributed by atoms with Gasteiger partial charge in [0.1, 0.15) is 0 Å². The quantitative estimate of drug-likeness (QED) is 0.862. The molecule has 2 N–H and O–H groups in total. The normalized spacial score (nSPS) is 12.6. The van der Waals surface area contributed by atoms with Crippen molar-refractivity contribution in [3.05, 3.63) is 35.0 Å². The van der Waals surface area contributed by atoms with Crippen molar-refractivity contribution in [1.82, 2.24) is 10.3 Å². The monoisotopic (exact) mass is 250 g/mol. The van der Waals surface area contributed by atoms with Gasteiger partial charge in [0.25, 0.3) is 5.91 Å². The van der Waals surface area contributed by atoms with Gasteiger partial charge >= 0.3 is 0 Å². The lowest BCUT2D eigenvalue weighted by atomic mass is 10.1. The van der Waals surface area contributed by atoms with E-state index in [9.17, 15) is 4.79 Å². The maximum absolute atomic E-state index is 12.0. The summed E-state index contributed by atoms with van der Waals surface area (Å²) in [6.45, 7) is 4.02. The van der Waals surface area contributed by atoms with Crippen molar-refractivity contribution >= 4 is 28.4 Å². The number of H-pyrrole nitrogens is 1. The van der Waals surface area contributed by atoms with Crippen LogP contribution in [0.2, 0.25) is 5.02 Å². The van der Waals surface area contributed by atoms with Crippen LogP contribution in [0.15, 0.2) is 24.4 Å². The first-order chi connectivity index (χ1) is 8.11. The van der Waals surface area contributed by atoms with E-state index in [-0.39, 0.29) is 11.9 Å². The van der Waals surface area contributed by atoms with Crippen molar-refractivity contribution in [3.63, 3.8) is 0 Å². The van der Waals surface area contributed by atoms with Gasteiger partial charge in [0.15, 0.2) is 0 Å². The molecule has 2 aromatic rings. The number of benzene rings is 1. The molecule has 0 saturated heterocycles. The summed E-state index contributed by atoms with van der Waals surface area (Å²) in [7, 11) is 0. The number of nitrogens with one attached hydrogen (secondary N) is 2. The molecule has 1 amide bonds. The van der Waals surface area contributed by atoms with Crippen LogP contribution in [0.3, 0.4) is 0 Å². The summed E-state index contributed by atoms with van der Waals surface area (Å²) >= 11 is 5.94. The molecule has 0 aliphatic carbocycles. The van der Waals surface area contributed by atoms with Crippen molar-refractivity contribution in [1.29, 1.82) is 0 Å². The predicted octanol–water partition coefficient (Wildman–Crippen LogP) is 3.35. The van der Waals surface area contributed by atoms with Crippen LogP contribution in [0.4, 0.5) is 0 Å². The maximum atomic E-state index is 12.0. The lowest BCUT2D eigenvalue weighted by Gasteiger charge is -2.10. The minimum Gasteiger partial charge on any atom is -0.360 e. The van der Waals surface area contributed by atoms with Crippen LogP contribution < -0.4 is 5.32 Å². The van der Waals surface area contributed by atoms with Crippen molar-refractivity contribution < 1.29 is 4.79 Å². The number of rotatable bonds is 3. The van der Waals surface area contributed by atoms with Gasteiger partial charge in [-0.2, -0.15) is 0 Å². The second kappa shape index (κ2) is 4.80. The molecule has 2 rings (SSSR count). The number of fused-ring (bicyclic) bond motifs is 1. The molecule has 1 aromatic carbocycles. The Balaban J connectivity index is 2.35. The Hall–Kier alpha value is -1.48. The van der Waals surface area contributed by atoms with E-state index in [1.807, 2.05) is 19.9 Å². The predicted molar refractivity (Wildman–Crippen MR) is 70.5 cm³/mol. The highest BCUT2D eigenvalue weighted by molar-refractivity contribution is 6.31. The third kappa shape index (κ3) is 2.44. The molecule has 17 heavy (non-hydrogen) atoms. The highest BCUT2D eigenvalue weighted by Gasteiger charge is 2.13. The smallest absolute Gasteiger partial charge is 0.253 e. The molecule has 1 atom stereocenters. The molecular formula is C13H15ClN2O. The van der Waals surface area contributed by atoms with E-state index in [0.717, 1.165) is 17.3 Å². The standard InChI is InChI=1S/C13H15ClN2O/c1-3-8(2)16-13(17)11-7-15-12-5-4-9(14)6-10(11)12/h4-8,15H,3H2,1-2H3,(H,16,17). The zero-order valence-corrected chi connectivity index (χ0v) is 10.6. The number of carbonyl (C=O) groups is 1. The second-order valence-corrected chi connectivity index (χ2v) is 4.61. The Bertz CT molecular complexity index is 547. The van der Waals surface area contributed by atoms with E-state index in [0.29, 0.717) is 10.6 Å². The number of hydrogen-bond donors (Lipinski definition) is 2. The minimum absolute atomic E-state index is 0.0622. The van der Waals surface area contributed by atoms with Crippen LogP contribution >= 0.6 is 11.6 Å². The zero-order valence-electron chi connectivity index (χ0n) is 9.88. The highest BCUT2D eigenvalue weighted by atomic mass is 35.5. The number of amides is 1. The highest BCUT2D eigenvalue weighted by Crippen LogP contribution is 2.22. The van der Waals surface area contributed by atoms with E-state index < -0.39 is 0 Å². The fourth-order valence-corrected chi connectivity index (χ4v) is 1.86. The first-order valence-electron chi connectivity index (χ1n) is 5.69. The number of halogens is 1. The van der Waals surface area contributed by atoms with Crippen LogP contribution in [0, 0.1) is 0 Å². The van der Waals surface area contributed by atoms with Crippen molar-refractivity contribution in [2.75, 3.05) is 0 Å². The van der Waals surface area contributed by atoms with Gasteiger partial charge in [-0.3, -0.25) is 4.79 Å². The molecule has 90 valence electrons. The zero-order chi connectivity index (χ0) is 12.4. The molecule has 3 nitrogen and oxygen atoms in total. The Kier molecular flexibility index (Phi) is 3.38. The summed E-state index contributed by atoms with van der Waals surface area (Å²) in [5.74, 6) is -0.0622. The molecule has 0 bridgehead atoms. The fourth-order valence-electron chi connectivity index (χ4n) is 1.68. The summed E-state index contributed by atoms with van der Waals surface area (Å²) < 4.78 is 0. The number of hydrogen-bond acceptors (Lipinski definition) is 1. The van der Waals surface area contributed by atoms with E-state index in [1.54, 1.807) is 18.3 Å². The number of aromatic amines is 1. The molecule has 1 heterocycles. The number of aromatic nitrogens is 1. The SMILES string of the molecule is CCC(C)NC(=O)c1c[nH]c2ccc(Cl)cc12. The van der Waals surface area contributed by atoms with Gasteiger partial charge in [0.2, 0.25) is 0 Å². The maximum Gasteiger partial charge on any atom is 0.253 e. The lowest BCUT2D eigenvalue weighted by Crippen LogP contribution is -2.31. The lowest BCUT2D eigenvalue weighted by molar-refractivity contribution is 0.0941. The minimum atomic E-state index is -0.0622. The van der Waals surface area contributed by atoms with Crippen LogP contribution in [0.1, 0.15) is 30.6 Å². The summed E-state index contributed by atoms with van der Waals surface area (Å²) in [6, 6.07) is 5.65. The van der Waals surface area contributed by atoms with Gasteiger partial charge in [-0.15, -0.1) is 0 Å². The first kappa shape index (κ1) is 12.0. The van der Waals surface area contributed by atoms with Gasteiger partial charge in [-0.25, -0.2) is 0 Å². The van der Waals surface area contributed by atoms with E-state index in [4.69, 9.17) is 11.6 Å². The molecule has 0 aliphatic rings. The van der Waals surface area contributed by atoms with Crippen molar-refractivity contribution in [3.8, 4) is 0 Å². The molecule has 1 unspecified atom stereocenters. The van der Waals surface area contributed by atoms with Crippen LogP contribution in [0.25, 0.3) is 10.9 Å². The molecule has 0 saturated carbocycles. The largest absolute Gasteiger partial charge is 0.360 e. The second-order valence-electron chi connectivity index (χ2n) is 4.18. The Labute approximate surface area is 105 Å². The van der Waals surface area contributed by atoms with Crippen LogP contribution in [-0.2, 0) is 0 Å². The average molecular weight is 251 g/mol. The Morgan fingerprint density at radius 2 is 2.29 bits per heavy atom. The van der Waals surface area contributed by atoms with Crippen LogP contribution in [-0.4, -0.2) is 16.9 Å². The fraction of sp³-hybridized carbons (Fsp3) is 0.308. The van der Waals surface area contributed by atoms with Crippen molar-refractivity contribution in [2.24, 2.45) is 0 Å². The van der Waals surface area contributed by atoms with Gasteiger partial charge in [-0.05, 0) is 31.5 Å². The summed E-state index contributed by atoms with van der Waals surface area (Å²) in [5.41, 5.74) is 1.56. The molecule has 0 fully saturated rings. The molecule has 0 radical (unpaired) electrons. The van der Waals surface area contributed by atoms with Crippen molar-refractivity contribution in [2.45, 2.75) is 26.3 Å². The topological polar surface area (TPSA) is 44.9 Å². The Morgan fingerprint density at radius 3 is 3.00 bits per heavy atom. The molecule has 1 aromatic heterocycles. The first-order valence-corrected chi connectivity index (χ1v) is 6.07. The van der Waals surface area contributed by atoms with Crippen LogP contribution in [0.5, 0.6) is 0 Å². The molecular weight excluding hydrogens is 236 g/mol. The van der Waals surface area contributed by atoms with Gasteiger partial charge in [-0.1, -0.05) is 18.5 Å². The Morgan fingerprint density at radius 1 is 1.53 bits per heavy atom. The third-order valence-electron chi connectivity index (χ3n) is 2.88. The average Bonchev–Trinajstić information content (AvgIpc) is 2.71. The summed E-state index contributed by atoms with van der Waals surface area (Å²) in [4.78, 5) is 15.1. The number of carbonyl (C=O) groups excluding carboxylic acids is 1. The van der Waals surface area contributed by atoms with E-state index in [2.05, 4.69) is 10.3 Å². The van der Waals surface area contributed by atoms with E-state index >= 15 is 0 Å². The van der Waals surface area contributed by atoms with E-state index in [1.165, 1.54) is 0 Å². The summed E-state index contributed by atoms with van der Waals surface area (Å²) in [5, 5.41) is 4.44. The summed E-state index contributed by atoms with van der Waals surface area (Å²) in [6.07, 6.45) is 2.63. The van der Waals surface area contributed by atoms with Gasteiger partial charge in [0.05, 0.1) is 5.56 Å².